The Kier molecular flexibility index (Phi) is 5.88. The maximum atomic E-state index is 12.2. The summed E-state index contributed by atoms with van der Waals surface area (Å²) in [6.07, 6.45) is 3.92. The van der Waals surface area contributed by atoms with Crippen molar-refractivity contribution in [1.82, 2.24) is 0 Å². The molecule has 1 atom stereocenters. The molecule has 0 aromatic heterocycles. The summed E-state index contributed by atoms with van der Waals surface area (Å²) in [7, 11) is 0. The topological polar surface area (TPSA) is 69.9 Å². The summed E-state index contributed by atoms with van der Waals surface area (Å²) < 4.78 is 0. The first kappa shape index (κ1) is 21.2. The Hall–Kier alpha value is -2.10. The van der Waals surface area contributed by atoms with Crippen molar-refractivity contribution in [2.45, 2.75) is 78.6 Å². The molecule has 0 spiro atoms. The average molecular weight is 372 g/mol. The molecule has 0 fully saturated rings. The number of Topliss-reactive ketones (excluding diaryl/α,β-unsaturated/α-hetero) is 1. The lowest BCUT2D eigenvalue weighted by molar-refractivity contribution is -0.120. The molecule has 1 heterocycles. The summed E-state index contributed by atoms with van der Waals surface area (Å²) in [5.41, 5.74) is 3.16. The highest BCUT2D eigenvalue weighted by atomic mass is 16.3. The van der Waals surface area contributed by atoms with Crippen LogP contribution in [0.25, 0.3) is 0 Å². The number of aliphatic imine (C=N–C) groups is 1. The fraction of sp³-hybridized carbons (Fsp3) is 0.565. The quantitative estimate of drug-likeness (QED) is 0.747. The van der Waals surface area contributed by atoms with Gasteiger partial charge in [0.25, 0.3) is 0 Å². The predicted octanol–water partition coefficient (Wildman–Crippen LogP) is 5.37. The van der Waals surface area contributed by atoms with E-state index in [4.69, 9.17) is 0 Å². The van der Waals surface area contributed by atoms with Crippen LogP contribution in [0.5, 0.6) is 5.75 Å². The van der Waals surface area contributed by atoms with E-state index in [0.29, 0.717) is 17.9 Å². The second kappa shape index (κ2) is 7.49. The number of hydrogen-bond acceptors (Lipinski definition) is 4. The summed E-state index contributed by atoms with van der Waals surface area (Å²) in [4.78, 5) is 16.3. The zero-order chi connectivity index (χ0) is 20.6. The fourth-order valence-corrected chi connectivity index (χ4v) is 3.40. The zero-order valence-electron chi connectivity index (χ0n) is 17.7. The normalized spacial score (nSPS) is 18.3. The Morgan fingerprint density at radius 2 is 1.52 bits per heavy atom. The van der Waals surface area contributed by atoms with Crippen molar-refractivity contribution < 1.29 is 15.0 Å². The van der Waals surface area contributed by atoms with Crippen LogP contribution < -0.4 is 0 Å². The minimum absolute atomic E-state index is 0.153. The Balaban J connectivity index is 2.20. The van der Waals surface area contributed by atoms with Crippen LogP contribution in [-0.2, 0) is 22.0 Å². The second-order valence-corrected chi connectivity index (χ2v) is 9.61. The summed E-state index contributed by atoms with van der Waals surface area (Å²) in [5, 5.41) is 20.6. The highest BCUT2D eigenvalue weighted by Crippen LogP contribution is 2.40. The predicted molar refractivity (Wildman–Crippen MR) is 111 cm³/mol. The van der Waals surface area contributed by atoms with Crippen molar-refractivity contribution >= 4 is 12.0 Å². The summed E-state index contributed by atoms with van der Waals surface area (Å²) in [6.45, 7) is 14.3. The molecule has 2 rings (SSSR count). The van der Waals surface area contributed by atoms with Gasteiger partial charge < -0.3 is 10.2 Å². The van der Waals surface area contributed by atoms with Gasteiger partial charge in [-0.3, -0.25) is 9.79 Å². The van der Waals surface area contributed by atoms with Gasteiger partial charge >= 0.3 is 0 Å². The van der Waals surface area contributed by atoms with Crippen molar-refractivity contribution in [3.63, 3.8) is 0 Å². The van der Waals surface area contributed by atoms with Crippen LogP contribution >= 0.6 is 0 Å². The third-order valence-corrected chi connectivity index (χ3v) is 5.13. The van der Waals surface area contributed by atoms with Crippen molar-refractivity contribution in [2.75, 3.05) is 0 Å². The first-order chi connectivity index (χ1) is 12.3. The highest BCUT2D eigenvalue weighted by molar-refractivity contribution is 6.06. The van der Waals surface area contributed by atoms with E-state index in [1.807, 2.05) is 0 Å². The number of aromatic hydroxyl groups is 1. The lowest BCUT2D eigenvalue weighted by atomic mass is 9.78. The molecule has 0 bridgehead atoms. The largest absolute Gasteiger partial charge is 0.507 e. The van der Waals surface area contributed by atoms with Gasteiger partial charge in [0.1, 0.15) is 5.75 Å². The van der Waals surface area contributed by atoms with Crippen molar-refractivity contribution in [2.24, 2.45) is 10.9 Å². The Bertz CT molecular complexity index is 754. The van der Waals surface area contributed by atoms with E-state index >= 15 is 0 Å². The number of allylic oxidation sites excluding steroid dienone is 2. The van der Waals surface area contributed by atoms with E-state index in [9.17, 15) is 15.0 Å². The van der Waals surface area contributed by atoms with E-state index in [1.54, 1.807) is 13.1 Å². The lowest BCUT2D eigenvalue weighted by Gasteiger charge is -2.28. The number of aliphatic hydroxyl groups excluding tert-OH is 1. The van der Waals surface area contributed by atoms with Gasteiger partial charge in [-0.1, -0.05) is 53.7 Å². The molecule has 4 nitrogen and oxygen atoms in total. The second-order valence-electron chi connectivity index (χ2n) is 9.61. The molecule has 0 amide bonds. The minimum atomic E-state index is -0.352. The molecule has 1 aromatic carbocycles. The third kappa shape index (κ3) is 4.79. The number of carbonyl (C=O) groups is 1. The number of aliphatic hydroxyl groups is 1. The smallest absolute Gasteiger partial charge is 0.207 e. The molecule has 1 unspecified atom stereocenters. The first-order valence-electron chi connectivity index (χ1n) is 9.67. The number of ketones is 1. The molecule has 1 aliphatic rings. The van der Waals surface area contributed by atoms with E-state index in [-0.39, 0.29) is 28.3 Å². The Morgan fingerprint density at radius 3 is 2.00 bits per heavy atom. The molecule has 4 heteroatoms. The number of carbonyl (C=O) groups excluding carboxylic acids is 1. The molecule has 1 aliphatic heterocycles. The third-order valence-electron chi connectivity index (χ3n) is 5.13. The van der Waals surface area contributed by atoms with Crippen LogP contribution in [-0.4, -0.2) is 22.2 Å². The zero-order valence-corrected chi connectivity index (χ0v) is 17.7. The van der Waals surface area contributed by atoms with E-state index in [2.05, 4.69) is 58.7 Å². The number of phenols is 1. The Morgan fingerprint density at radius 1 is 1.00 bits per heavy atom. The lowest BCUT2D eigenvalue weighted by Crippen LogP contribution is -2.22. The maximum Gasteiger partial charge on any atom is 0.207 e. The molecule has 148 valence electrons. The van der Waals surface area contributed by atoms with Crippen molar-refractivity contribution in [3.05, 3.63) is 40.3 Å². The van der Waals surface area contributed by atoms with Crippen LogP contribution in [0.15, 0.2) is 28.6 Å². The molecular formula is C23H33NO3. The molecule has 1 aromatic rings. The molecule has 0 radical (unpaired) electrons. The van der Waals surface area contributed by atoms with Gasteiger partial charge in [-0.15, -0.1) is 0 Å². The molecule has 0 aliphatic carbocycles. The van der Waals surface area contributed by atoms with E-state index in [1.165, 1.54) is 5.56 Å². The van der Waals surface area contributed by atoms with Crippen LogP contribution in [0.2, 0.25) is 0 Å². The van der Waals surface area contributed by atoms with Gasteiger partial charge in [0.05, 0.1) is 11.6 Å². The van der Waals surface area contributed by atoms with Crippen molar-refractivity contribution in [1.29, 1.82) is 0 Å². The summed E-state index contributed by atoms with van der Waals surface area (Å²) in [6, 6.07) is 4.17. The number of hydrogen-bond donors (Lipinski definition) is 2. The van der Waals surface area contributed by atoms with E-state index in [0.717, 1.165) is 24.0 Å². The van der Waals surface area contributed by atoms with Gasteiger partial charge in [-0.25, -0.2) is 0 Å². The number of nitrogens with zero attached hydrogens (tertiary/aromatic N) is 1. The van der Waals surface area contributed by atoms with Crippen LogP contribution in [0, 0.1) is 5.92 Å². The minimum Gasteiger partial charge on any atom is -0.507 e. The number of benzene rings is 1. The fourth-order valence-electron chi connectivity index (χ4n) is 3.40. The van der Waals surface area contributed by atoms with Gasteiger partial charge in [-0.05, 0) is 53.7 Å². The first-order valence-corrected chi connectivity index (χ1v) is 9.67. The van der Waals surface area contributed by atoms with Crippen LogP contribution in [0.4, 0.5) is 0 Å². The van der Waals surface area contributed by atoms with E-state index < -0.39 is 0 Å². The molecule has 2 N–H and O–H groups in total. The maximum absolute atomic E-state index is 12.2. The van der Waals surface area contributed by atoms with Crippen LogP contribution in [0.1, 0.15) is 78.0 Å². The molecule has 27 heavy (non-hydrogen) atoms. The summed E-state index contributed by atoms with van der Waals surface area (Å²) in [5.74, 6) is -0.412. The molecule has 0 saturated carbocycles. The molecular weight excluding hydrogens is 338 g/mol. The van der Waals surface area contributed by atoms with Gasteiger partial charge in [0.15, 0.2) is 5.76 Å². The Labute approximate surface area is 163 Å². The van der Waals surface area contributed by atoms with Crippen molar-refractivity contribution in [3.8, 4) is 5.75 Å². The standard InChI is InChI=1S/C23H33NO3/c1-14-19(25)20(26)16(13-24-14)10-8-9-15-11-17(22(2,3)4)21(27)18(12-15)23(5,6)7/h11-13,16,25,27H,8-10H2,1-7H3. The monoisotopic (exact) mass is 371 g/mol. The molecule has 0 saturated heterocycles. The highest BCUT2D eigenvalue weighted by Gasteiger charge is 2.27. The number of phenolic OH excluding ortho intramolecular Hbond substituents is 1. The van der Waals surface area contributed by atoms with Gasteiger partial charge in [-0.2, -0.15) is 0 Å². The summed E-state index contributed by atoms with van der Waals surface area (Å²) >= 11 is 0. The number of aryl methyl sites for hydroxylation is 1. The average Bonchev–Trinajstić information content (AvgIpc) is 2.54. The SMILES string of the molecule is CC1=C(O)C(=O)C(CCCc2cc(C(C)(C)C)c(O)c(C(C)(C)C)c2)C=N1. The van der Waals surface area contributed by atoms with Crippen LogP contribution in [0.3, 0.4) is 0 Å². The van der Waals surface area contributed by atoms with Gasteiger partial charge in [0, 0.05) is 6.21 Å². The number of rotatable bonds is 4. The van der Waals surface area contributed by atoms with Gasteiger partial charge in [0.2, 0.25) is 5.78 Å².